The van der Waals surface area contributed by atoms with Crippen molar-refractivity contribution in [2.75, 3.05) is 13.2 Å². The number of benzene rings is 2. The largest absolute Gasteiger partial charge is 0.479 e. The lowest BCUT2D eigenvalue weighted by Crippen LogP contribution is -2.56. The molecule has 2 aromatic rings. The molecule has 1 aliphatic heterocycles. The molecule has 1 fully saturated rings. The summed E-state index contributed by atoms with van der Waals surface area (Å²) in [5.41, 5.74) is 2.14. The number of hydrogen-bond acceptors (Lipinski definition) is 4. The van der Waals surface area contributed by atoms with Gasteiger partial charge in [0, 0.05) is 5.92 Å². The van der Waals surface area contributed by atoms with E-state index >= 15 is 0 Å². The SMILES string of the molecule is O=C(O)[C@@H]1O[C@@H](COCc2ccccc2)[C@@H]1COCc1ccccc1. The first-order chi connectivity index (χ1) is 12.2. The second-order valence-electron chi connectivity index (χ2n) is 6.10. The Hall–Kier alpha value is -2.21. The average molecular weight is 342 g/mol. The first kappa shape index (κ1) is 17.6. The normalized spacial score (nSPS) is 22.3. The number of carboxylic acid groups (broad SMARTS) is 1. The van der Waals surface area contributed by atoms with Crippen LogP contribution in [0.5, 0.6) is 0 Å². The van der Waals surface area contributed by atoms with Crippen LogP contribution in [0.1, 0.15) is 11.1 Å². The highest BCUT2D eigenvalue weighted by atomic mass is 16.6. The molecular formula is C20H22O5. The molecule has 0 aromatic heterocycles. The highest BCUT2D eigenvalue weighted by molar-refractivity contribution is 5.73. The van der Waals surface area contributed by atoms with Crippen LogP contribution in [0, 0.1) is 5.92 Å². The van der Waals surface area contributed by atoms with E-state index in [4.69, 9.17) is 14.2 Å². The molecule has 5 nitrogen and oxygen atoms in total. The Morgan fingerprint density at radius 2 is 1.40 bits per heavy atom. The summed E-state index contributed by atoms with van der Waals surface area (Å²) < 4.78 is 16.8. The Morgan fingerprint density at radius 3 is 1.92 bits per heavy atom. The highest BCUT2D eigenvalue weighted by Crippen LogP contribution is 2.30. The third kappa shape index (κ3) is 4.89. The van der Waals surface area contributed by atoms with Crippen molar-refractivity contribution < 1.29 is 24.1 Å². The third-order valence-corrected chi connectivity index (χ3v) is 4.25. The van der Waals surface area contributed by atoms with Gasteiger partial charge in [-0.1, -0.05) is 60.7 Å². The molecule has 0 spiro atoms. The van der Waals surface area contributed by atoms with Gasteiger partial charge in [-0.3, -0.25) is 0 Å². The number of carbonyl (C=O) groups is 1. The molecule has 3 atom stereocenters. The summed E-state index contributed by atoms with van der Waals surface area (Å²) in [6.45, 7) is 1.64. The quantitative estimate of drug-likeness (QED) is 0.759. The van der Waals surface area contributed by atoms with Gasteiger partial charge in [0.1, 0.15) is 0 Å². The van der Waals surface area contributed by atoms with Crippen LogP contribution in [0.4, 0.5) is 0 Å². The van der Waals surface area contributed by atoms with Crippen LogP contribution in [0.2, 0.25) is 0 Å². The van der Waals surface area contributed by atoms with E-state index in [0.29, 0.717) is 26.4 Å². The van der Waals surface area contributed by atoms with Gasteiger partial charge in [-0.05, 0) is 11.1 Å². The molecule has 1 saturated heterocycles. The van der Waals surface area contributed by atoms with Crippen molar-refractivity contribution in [2.24, 2.45) is 5.92 Å². The third-order valence-electron chi connectivity index (χ3n) is 4.25. The summed E-state index contributed by atoms with van der Waals surface area (Å²) in [5.74, 6) is -1.15. The van der Waals surface area contributed by atoms with Crippen LogP contribution >= 0.6 is 0 Å². The number of hydrogen-bond donors (Lipinski definition) is 1. The second-order valence-corrected chi connectivity index (χ2v) is 6.10. The molecular weight excluding hydrogens is 320 g/mol. The lowest BCUT2D eigenvalue weighted by Gasteiger charge is -2.41. The summed E-state index contributed by atoms with van der Waals surface area (Å²) in [6.07, 6.45) is -1.07. The van der Waals surface area contributed by atoms with Crippen LogP contribution in [0.15, 0.2) is 60.7 Å². The molecule has 3 rings (SSSR count). The zero-order chi connectivity index (χ0) is 17.5. The van der Waals surface area contributed by atoms with Crippen molar-refractivity contribution in [2.45, 2.75) is 25.4 Å². The number of carboxylic acids is 1. The maximum absolute atomic E-state index is 11.2. The van der Waals surface area contributed by atoms with E-state index in [9.17, 15) is 9.90 Å². The molecule has 0 amide bonds. The minimum Gasteiger partial charge on any atom is -0.479 e. The fourth-order valence-corrected chi connectivity index (χ4v) is 2.85. The Bertz CT molecular complexity index is 658. The number of aliphatic carboxylic acids is 1. The maximum Gasteiger partial charge on any atom is 0.333 e. The van der Waals surface area contributed by atoms with Crippen LogP contribution in [0.3, 0.4) is 0 Å². The first-order valence-corrected chi connectivity index (χ1v) is 8.35. The van der Waals surface area contributed by atoms with E-state index in [1.54, 1.807) is 0 Å². The summed E-state index contributed by atoms with van der Waals surface area (Å²) >= 11 is 0. The van der Waals surface area contributed by atoms with E-state index < -0.39 is 12.1 Å². The van der Waals surface area contributed by atoms with Crippen LogP contribution in [-0.4, -0.2) is 36.5 Å². The zero-order valence-electron chi connectivity index (χ0n) is 13.9. The van der Waals surface area contributed by atoms with E-state index in [2.05, 4.69) is 0 Å². The summed E-state index contributed by atoms with van der Waals surface area (Å²) in [5, 5.41) is 9.22. The fraction of sp³-hybridized carbons (Fsp3) is 0.350. The molecule has 1 N–H and O–H groups in total. The zero-order valence-corrected chi connectivity index (χ0v) is 13.9. The standard InChI is InChI=1S/C20H22O5/c21-20(22)19-17(13-23-11-15-7-3-1-4-8-15)18(25-19)14-24-12-16-9-5-2-6-10-16/h1-10,17-19H,11-14H2,(H,21,22)/t17-,18-,19+/m0/s1. The fourth-order valence-electron chi connectivity index (χ4n) is 2.85. The van der Waals surface area contributed by atoms with Gasteiger partial charge in [0.2, 0.25) is 0 Å². The molecule has 0 radical (unpaired) electrons. The molecule has 0 unspecified atom stereocenters. The Balaban J connectivity index is 1.45. The Kier molecular flexibility index (Phi) is 6.17. The minimum atomic E-state index is -0.951. The van der Waals surface area contributed by atoms with Crippen molar-refractivity contribution in [1.29, 1.82) is 0 Å². The highest BCUT2D eigenvalue weighted by Gasteiger charge is 2.47. The second kappa shape index (κ2) is 8.76. The lowest BCUT2D eigenvalue weighted by molar-refractivity contribution is -0.230. The number of rotatable bonds is 9. The van der Waals surface area contributed by atoms with Gasteiger partial charge in [-0.15, -0.1) is 0 Å². The molecule has 2 aromatic carbocycles. The summed E-state index contributed by atoms with van der Waals surface area (Å²) in [7, 11) is 0. The molecule has 0 saturated carbocycles. The van der Waals surface area contributed by atoms with Gasteiger partial charge >= 0.3 is 5.97 Å². The van der Waals surface area contributed by atoms with Gasteiger partial charge in [0.15, 0.2) is 6.10 Å². The minimum absolute atomic E-state index is 0.197. The molecule has 1 heterocycles. The van der Waals surface area contributed by atoms with Crippen molar-refractivity contribution in [3.05, 3.63) is 71.8 Å². The molecule has 5 heteroatoms. The van der Waals surface area contributed by atoms with Crippen LogP contribution in [-0.2, 0) is 32.2 Å². The van der Waals surface area contributed by atoms with E-state index in [0.717, 1.165) is 11.1 Å². The van der Waals surface area contributed by atoms with Crippen molar-refractivity contribution in [1.82, 2.24) is 0 Å². The Morgan fingerprint density at radius 1 is 0.880 bits per heavy atom. The molecule has 132 valence electrons. The van der Waals surface area contributed by atoms with Crippen molar-refractivity contribution >= 4 is 5.97 Å². The molecule has 0 bridgehead atoms. The maximum atomic E-state index is 11.2. The topological polar surface area (TPSA) is 65.0 Å². The van der Waals surface area contributed by atoms with Gasteiger partial charge in [-0.2, -0.15) is 0 Å². The van der Waals surface area contributed by atoms with Crippen LogP contribution < -0.4 is 0 Å². The van der Waals surface area contributed by atoms with Gasteiger partial charge in [-0.25, -0.2) is 4.79 Å². The lowest BCUT2D eigenvalue weighted by atomic mass is 9.90. The van der Waals surface area contributed by atoms with Gasteiger partial charge in [0.05, 0.1) is 32.5 Å². The smallest absolute Gasteiger partial charge is 0.333 e. The van der Waals surface area contributed by atoms with Gasteiger partial charge in [0.25, 0.3) is 0 Å². The summed E-state index contributed by atoms with van der Waals surface area (Å²) in [4.78, 5) is 11.2. The van der Waals surface area contributed by atoms with E-state index in [1.807, 2.05) is 60.7 Å². The summed E-state index contributed by atoms with van der Waals surface area (Å²) in [6, 6.07) is 19.7. The van der Waals surface area contributed by atoms with E-state index in [-0.39, 0.29) is 12.0 Å². The monoisotopic (exact) mass is 342 g/mol. The van der Waals surface area contributed by atoms with Crippen molar-refractivity contribution in [3.8, 4) is 0 Å². The Labute approximate surface area is 147 Å². The molecule has 1 aliphatic rings. The first-order valence-electron chi connectivity index (χ1n) is 8.35. The predicted molar refractivity (Wildman–Crippen MR) is 92.0 cm³/mol. The van der Waals surface area contributed by atoms with Gasteiger partial charge < -0.3 is 19.3 Å². The average Bonchev–Trinajstić information content (AvgIpc) is 2.62. The van der Waals surface area contributed by atoms with Crippen LogP contribution in [0.25, 0.3) is 0 Å². The molecule has 25 heavy (non-hydrogen) atoms. The number of ether oxygens (including phenoxy) is 3. The van der Waals surface area contributed by atoms with E-state index in [1.165, 1.54) is 0 Å². The van der Waals surface area contributed by atoms with Crippen molar-refractivity contribution in [3.63, 3.8) is 0 Å². The molecule has 0 aliphatic carbocycles. The predicted octanol–water partition coefficient (Wildman–Crippen LogP) is 2.89.